The summed E-state index contributed by atoms with van der Waals surface area (Å²) in [5, 5.41) is 21.9. The number of ether oxygens (including phenoxy) is 1. The smallest absolute Gasteiger partial charge is 0.273 e. The SMILES string of the molecule is C[C@H]1CCC[C@@](C)(CCCCCN2C(=O)C(c3cc(C(=N)N)ccc3O)Oc3ccccc32)N1. The van der Waals surface area contributed by atoms with Crippen molar-refractivity contribution in [3.8, 4) is 11.5 Å². The van der Waals surface area contributed by atoms with Crippen molar-refractivity contribution >= 4 is 17.4 Å². The molecule has 0 radical (unpaired) electrons. The summed E-state index contributed by atoms with van der Waals surface area (Å²) in [6.07, 6.45) is 6.94. The molecule has 1 amide bonds. The fourth-order valence-corrected chi connectivity index (χ4v) is 5.27. The first-order valence-electron chi connectivity index (χ1n) is 12.3. The molecule has 1 unspecified atom stereocenters. The predicted octanol–water partition coefficient (Wildman–Crippen LogP) is 4.62. The first-order chi connectivity index (χ1) is 16.3. The third kappa shape index (κ3) is 5.20. The average molecular weight is 465 g/mol. The van der Waals surface area contributed by atoms with Crippen molar-refractivity contribution in [1.29, 1.82) is 5.41 Å². The second-order valence-corrected chi connectivity index (χ2v) is 9.95. The number of carbonyl (C=O) groups excluding carboxylic acids is 1. The van der Waals surface area contributed by atoms with E-state index in [0.717, 1.165) is 31.4 Å². The van der Waals surface area contributed by atoms with E-state index < -0.39 is 6.10 Å². The molecule has 2 aliphatic rings. The van der Waals surface area contributed by atoms with E-state index in [1.54, 1.807) is 17.0 Å². The summed E-state index contributed by atoms with van der Waals surface area (Å²) in [6.45, 7) is 5.18. The average Bonchev–Trinajstić information content (AvgIpc) is 2.80. The summed E-state index contributed by atoms with van der Waals surface area (Å²) in [5.41, 5.74) is 7.35. The van der Waals surface area contributed by atoms with Crippen LogP contribution < -0.4 is 20.7 Å². The Bertz CT molecular complexity index is 1060. The number of nitrogens with one attached hydrogen (secondary N) is 2. The van der Waals surface area contributed by atoms with Crippen LogP contribution in [0.4, 0.5) is 5.69 Å². The largest absolute Gasteiger partial charge is 0.508 e. The minimum atomic E-state index is -0.985. The van der Waals surface area contributed by atoms with E-state index in [4.69, 9.17) is 15.9 Å². The molecule has 2 aromatic rings. The van der Waals surface area contributed by atoms with Gasteiger partial charge in [0.15, 0.2) is 0 Å². The topological polar surface area (TPSA) is 112 Å². The number of piperidine rings is 1. The van der Waals surface area contributed by atoms with Crippen molar-refractivity contribution < 1.29 is 14.6 Å². The molecule has 7 heteroatoms. The summed E-state index contributed by atoms with van der Waals surface area (Å²) < 4.78 is 6.04. The number of amides is 1. The molecule has 0 aromatic heterocycles. The zero-order valence-electron chi connectivity index (χ0n) is 20.1. The van der Waals surface area contributed by atoms with E-state index in [1.165, 1.54) is 25.3 Å². The normalized spacial score (nSPS) is 24.4. The Morgan fingerprint density at radius 3 is 2.82 bits per heavy atom. The third-order valence-corrected chi connectivity index (χ3v) is 7.08. The van der Waals surface area contributed by atoms with Crippen LogP contribution in [0.5, 0.6) is 11.5 Å². The highest BCUT2D eigenvalue weighted by Gasteiger charge is 2.37. The Labute approximate surface area is 201 Å². The number of anilines is 1. The van der Waals surface area contributed by atoms with Gasteiger partial charge in [0.25, 0.3) is 5.91 Å². The van der Waals surface area contributed by atoms with Crippen LogP contribution in [0.25, 0.3) is 0 Å². The van der Waals surface area contributed by atoms with E-state index in [1.807, 2.05) is 24.3 Å². The van der Waals surface area contributed by atoms with E-state index in [0.29, 0.717) is 29.5 Å². The lowest BCUT2D eigenvalue weighted by atomic mass is 9.84. The second kappa shape index (κ2) is 10.1. The summed E-state index contributed by atoms with van der Waals surface area (Å²) in [6, 6.07) is 12.6. The molecule has 4 rings (SSSR count). The van der Waals surface area contributed by atoms with Crippen LogP contribution >= 0.6 is 0 Å². The number of phenolic OH excluding ortho intramolecular Hbond substituents is 1. The number of phenols is 1. The molecule has 1 fully saturated rings. The van der Waals surface area contributed by atoms with E-state index in [2.05, 4.69) is 19.2 Å². The minimum Gasteiger partial charge on any atom is -0.508 e. The van der Waals surface area contributed by atoms with Gasteiger partial charge < -0.3 is 25.8 Å². The highest BCUT2D eigenvalue weighted by molar-refractivity contribution is 6.01. The lowest BCUT2D eigenvalue weighted by Gasteiger charge is -2.39. The van der Waals surface area contributed by atoms with Gasteiger partial charge in [0.2, 0.25) is 6.10 Å². The number of benzene rings is 2. The number of nitrogens with zero attached hydrogens (tertiary/aromatic N) is 1. The van der Waals surface area contributed by atoms with Crippen LogP contribution in [0.15, 0.2) is 42.5 Å². The van der Waals surface area contributed by atoms with Crippen LogP contribution in [-0.2, 0) is 4.79 Å². The number of fused-ring (bicyclic) bond motifs is 1. The zero-order valence-corrected chi connectivity index (χ0v) is 20.1. The Hall–Kier alpha value is -3.06. The van der Waals surface area contributed by atoms with Gasteiger partial charge in [-0.1, -0.05) is 31.4 Å². The fourth-order valence-electron chi connectivity index (χ4n) is 5.27. The van der Waals surface area contributed by atoms with Crippen LogP contribution in [0.1, 0.15) is 76.0 Å². The summed E-state index contributed by atoms with van der Waals surface area (Å²) in [7, 11) is 0. The summed E-state index contributed by atoms with van der Waals surface area (Å²) in [5.74, 6) is 0.208. The molecule has 182 valence electrons. The molecule has 0 spiro atoms. The highest BCUT2D eigenvalue weighted by atomic mass is 16.5. The van der Waals surface area contributed by atoms with E-state index >= 15 is 0 Å². The van der Waals surface area contributed by atoms with Gasteiger partial charge in [0.1, 0.15) is 17.3 Å². The number of hydrogen-bond donors (Lipinski definition) is 4. The molecule has 5 N–H and O–H groups in total. The molecule has 1 saturated heterocycles. The van der Waals surface area contributed by atoms with Crippen molar-refractivity contribution in [3.05, 3.63) is 53.6 Å². The van der Waals surface area contributed by atoms with E-state index in [9.17, 15) is 9.90 Å². The highest BCUT2D eigenvalue weighted by Crippen LogP contribution is 2.41. The van der Waals surface area contributed by atoms with Crippen molar-refractivity contribution in [2.45, 2.75) is 76.5 Å². The number of hydrogen-bond acceptors (Lipinski definition) is 5. The number of rotatable bonds is 8. The summed E-state index contributed by atoms with van der Waals surface area (Å²) in [4.78, 5) is 15.3. The maximum atomic E-state index is 13.5. The Morgan fingerprint density at radius 1 is 1.26 bits per heavy atom. The van der Waals surface area contributed by atoms with E-state index in [-0.39, 0.29) is 23.0 Å². The van der Waals surface area contributed by atoms with Crippen molar-refractivity contribution in [1.82, 2.24) is 5.32 Å². The van der Waals surface area contributed by atoms with Crippen LogP contribution in [0, 0.1) is 5.41 Å². The number of nitrogen functional groups attached to an aromatic ring is 1. The summed E-state index contributed by atoms with van der Waals surface area (Å²) >= 11 is 0. The lowest BCUT2D eigenvalue weighted by Crippen LogP contribution is -2.50. The maximum Gasteiger partial charge on any atom is 0.273 e. The molecule has 0 bridgehead atoms. The number of para-hydroxylation sites is 2. The molecule has 3 atom stereocenters. The van der Waals surface area contributed by atoms with Crippen LogP contribution in [0.2, 0.25) is 0 Å². The number of carbonyl (C=O) groups is 1. The number of nitrogens with two attached hydrogens (primary N) is 1. The first-order valence-corrected chi connectivity index (χ1v) is 12.3. The molecule has 2 aromatic carbocycles. The van der Waals surface area contributed by atoms with Gasteiger partial charge in [-0.2, -0.15) is 0 Å². The quantitative estimate of drug-likeness (QED) is 0.259. The number of amidine groups is 1. The van der Waals surface area contributed by atoms with Crippen LogP contribution in [0.3, 0.4) is 0 Å². The molecule has 2 heterocycles. The molecule has 0 aliphatic carbocycles. The van der Waals surface area contributed by atoms with Gasteiger partial charge in [-0.3, -0.25) is 10.2 Å². The predicted molar refractivity (Wildman–Crippen MR) is 135 cm³/mol. The molecule has 34 heavy (non-hydrogen) atoms. The van der Waals surface area contributed by atoms with Gasteiger partial charge >= 0.3 is 0 Å². The molecule has 0 saturated carbocycles. The van der Waals surface area contributed by atoms with Gasteiger partial charge in [0.05, 0.1) is 5.69 Å². The monoisotopic (exact) mass is 464 g/mol. The fraction of sp³-hybridized carbons (Fsp3) is 0.481. The molecular weight excluding hydrogens is 428 g/mol. The second-order valence-electron chi connectivity index (χ2n) is 9.95. The number of aromatic hydroxyl groups is 1. The Kier molecular flexibility index (Phi) is 7.12. The van der Waals surface area contributed by atoms with Crippen molar-refractivity contribution in [3.63, 3.8) is 0 Å². The van der Waals surface area contributed by atoms with Gasteiger partial charge in [-0.15, -0.1) is 0 Å². The Morgan fingerprint density at radius 2 is 2.06 bits per heavy atom. The lowest BCUT2D eigenvalue weighted by molar-refractivity contribution is -0.126. The Balaban J connectivity index is 1.45. The molecule has 7 nitrogen and oxygen atoms in total. The number of unbranched alkanes of at least 4 members (excludes halogenated alkanes) is 2. The zero-order chi connectivity index (χ0) is 24.3. The molecular formula is C27H36N4O3. The van der Waals surface area contributed by atoms with Crippen molar-refractivity contribution in [2.75, 3.05) is 11.4 Å². The maximum absolute atomic E-state index is 13.5. The third-order valence-electron chi connectivity index (χ3n) is 7.08. The molecule has 2 aliphatic heterocycles. The standard InChI is InChI=1S/C27H36N4O3/c1-18-9-8-15-27(2,30-18)14-6-3-7-16-31-21-10-4-5-11-23(21)34-24(26(31)33)20-17-19(25(28)29)12-13-22(20)32/h4-5,10-13,17-18,24,30,32H,3,6-9,14-16H2,1-2H3,(H3,28,29)/t18-,24?,27+/m0/s1. The van der Waals surface area contributed by atoms with Crippen molar-refractivity contribution in [2.24, 2.45) is 5.73 Å². The first kappa shape index (κ1) is 24.1. The van der Waals surface area contributed by atoms with Gasteiger partial charge in [-0.05, 0) is 69.9 Å². The van der Waals surface area contributed by atoms with Crippen LogP contribution in [-0.4, -0.2) is 35.0 Å². The minimum absolute atomic E-state index is 0.0508. The van der Waals surface area contributed by atoms with Gasteiger partial charge in [-0.25, -0.2) is 0 Å². The van der Waals surface area contributed by atoms with Gasteiger partial charge in [0, 0.05) is 29.3 Å².